The van der Waals surface area contributed by atoms with Crippen molar-refractivity contribution >= 4 is 10.5 Å². The molecule has 0 aromatic heterocycles. The highest BCUT2D eigenvalue weighted by atomic mass is 28.2. The Morgan fingerprint density at radius 1 is 1.00 bits per heavy atom. The molecule has 0 saturated heterocycles. The third-order valence-electron chi connectivity index (χ3n) is 5.20. The highest BCUT2D eigenvalue weighted by molar-refractivity contribution is 5.98. The Balaban J connectivity index is 2.17. The molecule has 0 unspecified atom stereocenters. The van der Waals surface area contributed by atoms with Gasteiger partial charge < -0.3 is 4.43 Å². The van der Waals surface area contributed by atoms with E-state index in [0.717, 1.165) is 28.2 Å². The molecule has 0 atom stereocenters. The summed E-state index contributed by atoms with van der Waals surface area (Å²) in [6, 6.07) is 0. The average molecular weight is 254 g/mol. The Morgan fingerprint density at radius 3 is 1.71 bits per heavy atom. The second-order valence-corrected chi connectivity index (χ2v) is 7.13. The maximum atomic E-state index is 6.36. The first kappa shape index (κ1) is 13.6. The van der Waals surface area contributed by atoms with Crippen LogP contribution in [0, 0.1) is 17.8 Å². The zero-order valence-corrected chi connectivity index (χ0v) is 14.0. The van der Waals surface area contributed by atoms with Crippen molar-refractivity contribution < 1.29 is 4.43 Å². The molecule has 0 aromatic rings. The molecule has 0 aliphatic heterocycles. The third-order valence-corrected chi connectivity index (χ3v) is 5.96. The molecule has 17 heavy (non-hydrogen) atoms. The normalized spacial score (nSPS) is 24.2. The second-order valence-electron chi connectivity index (χ2n) is 6.72. The molecular weight excluding hydrogens is 224 g/mol. The van der Waals surface area contributed by atoms with E-state index in [2.05, 4.69) is 13.8 Å². The zero-order chi connectivity index (χ0) is 12.3. The topological polar surface area (TPSA) is 9.23 Å². The summed E-state index contributed by atoms with van der Waals surface area (Å²) in [6.07, 6.45) is 12.8. The van der Waals surface area contributed by atoms with E-state index in [4.69, 9.17) is 4.43 Å². The first-order chi connectivity index (χ1) is 8.19. The first-order valence-corrected chi connectivity index (χ1v) is 8.56. The molecular formula is C15H30OSi. The largest absolute Gasteiger partial charge is 0.422 e. The van der Waals surface area contributed by atoms with Crippen LogP contribution in [0.5, 0.6) is 0 Å². The molecule has 0 radical (unpaired) electrons. The lowest BCUT2D eigenvalue weighted by Crippen LogP contribution is -2.46. The van der Waals surface area contributed by atoms with Gasteiger partial charge >= 0.3 is 0 Å². The predicted octanol–water partition coefficient (Wildman–Crippen LogP) is 3.45. The molecule has 0 spiro atoms. The molecule has 100 valence electrons. The highest BCUT2D eigenvalue weighted by Gasteiger charge is 2.46. The molecule has 1 nitrogen and oxygen atoms in total. The molecule has 0 N–H and O–H groups in total. The lowest BCUT2D eigenvalue weighted by atomic mass is 9.71. The number of hydrogen-bond donors (Lipinski definition) is 0. The van der Waals surface area contributed by atoms with Crippen molar-refractivity contribution in [1.29, 1.82) is 0 Å². The van der Waals surface area contributed by atoms with E-state index in [1.54, 1.807) is 0 Å². The third kappa shape index (κ3) is 2.78. The molecule has 0 heterocycles. The number of hydrogen-bond acceptors (Lipinski definition) is 1. The molecule has 0 amide bonds. The predicted molar refractivity (Wildman–Crippen MR) is 77.1 cm³/mol. The molecule has 2 heteroatoms. The fourth-order valence-electron chi connectivity index (χ4n) is 4.55. The molecule has 2 fully saturated rings. The summed E-state index contributed by atoms with van der Waals surface area (Å²) in [5.74, 6) is 2.54. The average Bonchev–Trinajstić information content (AvgIpc) is 2.97. The van der Waals surface area contributed by atoms with Crippen LogP contribution < -0.4 is 0 Å². The fourth-order valence-corrected chi connectivity index (χ4v) is 5.38. The molecule has 2 saturated carbocycles. The van der Waals surface area contributed by atoms with Crippen molar-refractivity contribution in [3.05, 3.63) is 0 Å². The maximum absolute atomic E-state index is 6.36. The molecule has 2 aliphatic carbocycles. The highest BCUT2D eigenvalue weighted by Crippen LogP contribution is 2.49. The van der Waals surface area contributed by atoms with Crippen LogP contribution in [0.3, 0.4) is 0 Å². The van der Waals surface area contributed by atoms with Crippen molar-refractivity contribution in [3.8, 4) is 0 Å². The van der Waals surface area contributed by atoms with Gasteiger partial charge in [0.1, 0.15) is 10.5 Å². The Kier molecular flexibility index (Phi) is 4.70. The Hall–Kier alpha value is 0.177. The Bertz CT molecular complexity index is 211. The van der Waals surface area contributed by atoms with Crippen molar-refractivity contribution in [2.45, 2.75) is 77.2 Å². The van der Waals surface area contributed by atoms with Gasteiger partial charge in [0.15, 0.2) is 0 Å². The van der Waals surface area contributed by atoms with Gasteiger partial charge in [0.2, 0.25) is 0 Å². The Morgan fingerprint density at radius 2 is 1.41 bits per heavy atom. The van der Waals surface area contributed by atoms with E-state index >= 15 is 0 Å². The summed E-state index contributed by atoms with van der Waals surface area (Å²) in [4.78, 5) is 0. The minimum Gasteiger partial charge on any atom is -0.422 e. The monoisotopic (exact) mass is 254 g/mol. The van der Waals surface area contributed by atoms with Gasteiger partial charge in [-0.1, -0.05) is 39.5 Å². The summed E-state index contributed by atoms with van der Waals surface area (Å²) in [6.45, 7) is 4.75. The standard InChI is InChI=1S/C15H30OSi/c1-12(2)11-15(16-17,13-7-3-4-8-13)14-9-5-6-10-14/h12-14H,3-11H2,1-2,17H3. The summed E-state index contributed by atoms with van der Waals surface area (Å²) >= 11 is 0. The molecule has 0 aromatic carbocycles. The van der Waals surface area contributed by atoms with Crippen molar-refractivity contribution in [3.63, 3.8) is 0 Å². The maximum Gasteiger partial charge on any atom is 0.146 e. The van der Waals surface area contributed by atoms with Gasteiger partial charge in [-0.3, -0.25) is 0 Å². The van der Waals surface area contributed by atoms with Crippen LogP contribution in [0.2, 0.25) is 0 Å². The van der Waals surface area contributed by atoms with Gasteiger partial charge in [0, 0.05) is 0 Å². The van der Waals surface area contributed by atoms with Gasteiger partial charge in [0.25, 0.3) is 0 Å². The van der Waals surface area contributed by atoms with Crippen LogP contribution in [0.1, 0.15) is 71.6 Å². The fraction of sp³-hybridized carbons (Fsp3) is 1.00. The second kappa shape index (κ2) is 5.88. The van der Waals surface area contributed by atoms with Gasteiger partial charge in [-0.25, -0.2) is 0 Å². The summed E-state index contributed by atoms with van der Waals surface area (Å²) in [5.41, 5.74) is 0.285. The van der Waals surface area contributed by atoms with Crippen LogP contribution in [0.4, 0.5) is 0 Å². The zero-order valence-electron chi connectivity index (χ0n) is 12.0. The van der Waals surface area contributed by atoms with E-state index in [-0.39, 0.29) is 5.60 Å². The van der Waals surface area contributed by atoms with E-state index in [9.17, 15) is 0 Å². The lowest BCUT2D eigenvalue weighted by Gasteiger charge is -2.45. The molecule has 2 rings (SSSR count). The Labute approximate surface area is 110 Å². The minimum atomic E-state index is 0.285. The van der Waals surface area contributed by atoms with E-state index in [1.165, 1.54) is 57.8 Å². The quantitative estimate of drug-likeness (QED) is 0.683. The minimum absolute atomic E-state index is 0.285. The number of rotatable bonds is 5. The lowest BCUT2D eigenvalue weighted by molar-refractivity contribution is -0.0528. The van der Waals surface area contributed by atoms with Crippen molar-refractivity contribution in [1.82, 2.24) is 0 Å². The van der Waals surface area contributed by atoms with Gasteiger partial charge in [0.05, 0.1) is 5.60 Å². The van der Waals surface area contributed by atoms with Crippen molar-refractivity contribution in [2.24, 2.45) is 17.8 Å². The van der Waals surface area contributed by atoms with Gasteiger partial charge in [-0.2, -0.15) is 0 Å². The first-order valence-electron chi connectivity index (χ1n) is 7.74. The van der Waals surface area contributed by atoms with Crippen LogP contribution in [0.15, 0.2) is 0 Å². The van der Waals surface area contributed by atoms with E-state index in [0.29, 0.717) is 0 Å². The summed E-state index contributed by atoms with van der Waals surface area (Å²) in [7, 11) is 0.921. The van der Waals surface area contributed by atoms with Crippen LogP contribution in [0.25, 0.3) is 0 Å². The SMILES string of the molecule is CC(C)CC(O[SiH3])(C1CCCC1)C1CCCC1. The van der Waals surface area contributed by atoms with E-state index in [1.807, 2.05) is 0 Å². The summed E-state index contributed by atoms with van der Waals surface area (Å²) < 4.78 is 6.36. The van der Waals surface area contributed by atoms with Crippen LogP contribution in [-0.2, 0) is 4.43 Å². The molecule has 0 bridgehead atoms. The van der Waals surface area contributed by atoms with Gasteiger partial charge in [-0.15, -0.1) is 0 Å². The molecule has 2 aliphatic rings. The van der Waals surface area contributed by atoms with Crippen LogP contribution >= 0.6 is 0 Å². The van der Waals surface area contributed by atoms with Gasteiger partial charge in [-0.05, 0) is 49.9 Å². The van der Waals surface area contributed by atoms with E-state index < -0.39 is 0 Å². The summed E-state index contributed by atoms with van der Waals surface area (Å²) in [5, 5.41) is 0. The smallest absolute Gasteiger partial charge is 0.146 e. The van der Waals surface area contributed by atoms with Crippen LogP contribution in [-0.4, -0.2) is 16.1 Å². The van der Waals surface area contributed by atoms with Crippen molar-refractivity contribution in [2.75, 3.05) is 0 Å².